The number of amides is 2. The van der Waals surface area contributed by atoms with Crippen LogP contribution < -0.4 is 20.3 Å². The van der Waals surface area contributed by atoms with E-state index in [1.54, 1.807) is 31.4 Å². The topological polar surface area (TPSA) is 94.5 Å². The predicted molar refractivity (Wildman–Crippen MR) is 109 cm³/mol. The maximum Gasteiger partial charge on any atom is 0.262 e. The molecule has 0 fully saturated rings. The standard InChI is InChI=1S/C21H22N4O4/c1-25-17-7-5-4-6-16(17)22-19(25)13-21(27)24-23-20(26)11-9-14-8-10-15(28-2)12-18(14)29-3/h4-12H,13H2,1-3H3,(H,23,26)(H,24,27)/b11-9+. The Hall–Kier alpha value is -3.81. The highest BCUT2D eigenvalue weighted by Crippen LogP contribution is 2.25. The fourth-order valence-corrected chi connectivity index (χ4v) is 2.84. The van der Waals surface area contributed by atoms with Crippen molar-refractivity contribution in [1.29, 1.82) is 0 Å². The number of hydrazine groups is 1. The van der Waals surface area contributed by atoms with Crippen molar-refractivity contribution in [1.82, 2.24) is 20.4 Å². The van der Waals surface area contributed by atoms with Crippen LogP contribution in [0.1, 0.15) is 11.4 Å². The highest BCUT2D eigenvalue weighted by Gasteiger charge is 2.12. The molecule has 0 radical (unpaired) electrons. The summed E-state index contributed by atoms with van der Waals surface area (Å²) in [5.74, 6) is 0.988. The summed E-state index contributed by atoms with van der Waals surface area (Å²) < 4.78 is 12.3. The molecule has 0 aliphatic heterocycles. The molecule has 2 amide bonds. The van der Waals surface area contributed by atoms with E-state index < -0.39 is 5.91 Å². The first-order chi connectivity index (χ1) is 14.0. The quantitative estimate of drug-likeness (QED) is 0.493. The number of rotatable bonds is 6. The van der Waals surface area contributed by atoms with Gasteiger partial charge in [-0.3, -0.25) is 20.4 Å². The van der Waals surface area contributed by atoms with Crippen molar-refractivity contribution >= 4 is 28.9 Å². The van der Waals surface area contributed by atoms with Crippen molar-refractivity contribution in [2.45, 2.75) is 6.42 Å². The number of ether oxygens (including phenoxy) is 2. The second-order valence-electron chi connectivity index (χ2n) is 6.23. The van der Waals surface area contributed by atoms with Crippen molar-refractivity contribution in [3.63, 3.8) is 0 Å². The van der Waals surface area contributed by atoms with Gasteiger partial charge in [-0.05, 0) is 30.3 Å². The molecule has 29 heavy (non-hydrogen) atoms. The smallest absolute Gasteiger partial charge is 0.262 e. The Bertz CT molecular complexity index is 1070. The second kappa shape index (κ2) is 8.92. The first-order valence-corrected chi connectivity index (χ1v) is 8.91. The maximum atomic E-state index is 12.2. The summed E-state index contributed by atoms with van der Waals surface area (Å²) >= 11 is 0. The summed E-state index contributed by atoms with van der Waals surface area (Å²) in [6, 6.07) is 12.9. The van der Waals surface area contributed by atoms with Gasteiger partial charge in [0.1, 0.15) is 17.3 Å². The molecule has 1 heterocycles. The van der Waals surface area contributed by atoms with Crippen LogP contribution in [0.5, 0.6) is 11.5 Å². The van der Waals surface area contributed by atoms with Crippen LogP contribution in [-0.2, 0) is 23.1 Å². The number of imidazole rings is 1. The zero-order valence-electron chi connectivity index (χ0n) is 16.4. The van der Waals surface area contributed by atoms with E-state index >= 15 is 0 Å². The average molecular weight is 394 g/mol. The Labute approximate surface area is 168 Å². The van der Waals surface area contributed by atoms with Crippen molar-refractivity contribution < 1.29 is 19.1 Å². The van der Waals surface area contributed by atoms with Gasteiger partial charge in [0.05, 0.1) is 31.7 Å². The van der Waals surface area contributed by atoms with Gasteiger partial charge < -0.3 is 14.0 Å². The molecule has 8 heteroatoms. The molecule has 0 bridgehead atoms. The molecule has 2 N–H and O–H groups in total. The molecule has 2 aromatic carbocycles. The Morgan fingerprint density at radius 1 is 1.10 bits per heavy atom. The summed E-state index contributed by atoms with van der Waals surface area (Å²) in [6.45, 7) is 0. The molecule has 0 spiro atoms. The Morgan fingerprint density at radius 2 is 1.90 bits per heavy atom. The third kappa shape index (κ3) is 4.73. The summed E-state index contributed by atoms with van der Waals surface area (Å²) in [7, 11) is 4.95. The van der Waals surface area contributed by atoms with Gasteiger partial charge >= 0.3 is 0 Å². The fraction of sp³-hybridized carbons (Fsp3) is 0.190. The van der Waals surface area contributed by atoms with Crippen LogP contribution in [0.4, 0.5) is 0 Å². The minimum absolute atomic E-state index is 0.0431. The zero-order chi connectivity index (χ0) is 20.8. The molecule has 1 aromatic heterocycles. The van der Waals surface area contributed by atoms with E-state index in [-0.39, 0.29) is 12.3 Å². The van der Waals surface area contributed by atoms with Crippen LogP contribution in [0, 0.1) is 0 Å². The number of hydrogen-bond donors (Lipinski definition) is 2. The summed E-state index contributed by atoms with van der Waals surface area (Å²) in [6.07, 6.45) is 2.94. The van der Waals surface area contributed by atoms with Gasteiger partial charge in [0.2, 0.25) is 5.91 Å². The van der Waals surface area contributed by atoms with Crippen molar-refractivity contribution in [3.05, 3.63) is 59.9 Å². The molecule has 0 unspecified atom stereocenters. The SMILES string of the molecule is COc1ccc(/C=C/C(=O)NNC(=O)Cc2nc3ccccc3n2C)c(OC)c1. The number of aromatic nitrogens is 2. The van der Waals surface area contributed by atoms with E-state index in [0.29, 0.717) is 22.9 Å². The number of carbonyl (C=O) groups excluding carboxylic acids is 2. The van der Waals surface area contributed by atoms with E-state index in [1.165, 1.54) is 13.2 Å². The summed E-state index contributed by atoms with van der Waals surface area (Å²) in [5.41, 5.74) is 7.21. The average Bonchev–Trinajstić information content (AvgIpc) is 3.06. The first kappa shape index (κ1) is 19.9. The number of methoxy groups -OCH3 is 2. The lowest BCUT2D eigenvalue weighted by Crippen LogP contribution is -2.41. The van der Waals surface area contributed by atoms with Crippen LogP contribution >= 0.6 is 0 Å². The normalized spacial score (nSPS) is 10.9. The largest absolute Gasteiger partial charge is 0.497 e. The van der Waals surface area contributed by atoms with Crippen LogP contribution in [0.3, 0.4) is 0 Å². The molecule has 0 aliphatic carbocycles. The van der Waals surface area contributed by atoms with E-state index in [4.69, 9.17) is 9.47 Å². The molecule has 3 aromatic rings. The molecule has 0 aliphatic rings. The monoisotopic (exact) mass is 394 g/mol. The number of fused-ring (bicyclic) bond motifs is 1. The van der Waals surface area contributed by atoms with Gasteiger partial charge in [-0.25, -0.2) is 4.98 Å². The number of hydrogen-bond acceptors (Lipinski definition) is 5. The summed E-state index contributed by atoms with van der Waals surface area (Å²) in [4.78, 5) is 28.6. The Kier molecular flexibility index (Phi) is 6.13. The third-order valence-corrected chi connectivity index (χ3v) is 4.38. The second-order valence-corrected chi connectivity index (χ2v) is 6.23. The lowest BCUT2D eigenvalue weighted by molar-refractivity contribution is -0.126. The van der Waals surface area contributed by atoms with Crippen LogP contribution in [0.15, 0.2) is 48.5 Å². The van der Waals surface area contributed by atoms with Crippen LogP contribution in [-0.4, -0.2) is 35.6 Å². The van der Waals surface area contributed by atoms with E-state index in [2.05, 4.69) is 15.8 Å². The van der Waals surface area contributed by atoms with Gasteiger partial charge in [0.15, 0.2) is 0 Å². The van der Waals surface area contributed by atoms with Gasteiger partial charge in [-0.1, -0.05) is 12.1 Å². The van der Waals surface area contributed by atoms with E-state index in [1.807, 2.05) is 35.9 Å². The molecule has 8 nitrogen and oxygen atoms in total. The fourth-order valence-electron chi connectivity index (χ4n) is 2.84. The lowest BCUT2D eigenvalue weighted by Gasteiger charge is -2.08. The third-order valence-electron chi connectivity index (χ3n) is 4.38. The molecule has 0 saturated carbocycles. The minimum atomic E-state index is -0.471. The number of para-hydroxylation sites is 2. The van der Waals surface area contributed by atoms with Gasteiger partial charge in [0.25, 0.3) is 5.91 Å². The van der Waals surface area contributed by atoms with E-state index in [9.17, 15) is 9.59 Å². The highest BCUT2D eigenvalue weighted by atomic mass is 16.5. The highest BCUT2D eigenvalue weighted by molar-refractivity contribution is 5.93. The molecule has 3 rings (SSSR count). The van der Waals surface area contributed by atoms with Gasteiger partial charge in [0, 0.05) is 24.8 Å². The van der Waals surface area contributed by atoms with Crippen LogP contribution in [0.25, 0.3) is 17.1 Å². The number of nitrogens with zero attached hydrogens (tertiary/aromatic N) is 2. The van der Waals surface area contributed by atoms with Crippen molar-refractivity contribution in [3.8, 4) is 11.5 Å². The number of benzene rings is 2. The van der Waals surface area contributed by atoms with Crippen LogP contribution in [0.2, 0.25) is 0 Å². The predicted octanol–water partition coefficient (Wildman–Crippen LogP) is 1.99. The molecule has 0 atom stereocenters. The molecular weight excluding hydrogens is 372 g/mol. The molecule has 150 valence electrons. The Morgan fingerprint density at radius 3 is 2.62 bits per heavy atom. The Balaban J connectivity index is 1.57. The first-order valence-electron chi connectivity index (χ1n) is 8.91. The number of nitrogens with one attached hydrogen (secondary N) is 2. The summed E-state index contributed by atoms with van der Waals surface area (Å²) in [5, 5.41) is 0. The van der Waals surface area contributed by atoms with Gasteiger partial charge in [-0.15, -0.1) is 0 Å². The van der Waals surface area contributed by atoms with Gasteiger partial charge in [-0.2, -0.15) is 0 Å². The molecule has 0 saturated heterocycles. The minimum Gasteiger partial charge on any atom is -0.497 e. The number of carbonyl (C=O) groups is 2. The van der Waals surface area contributed by atoms with E-state index in [0.717, 1.165) is 11.0 Å². The lowest BCUT2D eigenvalue weighted by atomic mass is 10.1. The zero-order valence-corrected chi connectivity index (χ0v) is 16.4. The maximum absolute atomic E-state index is 12.2. The molecular formula is C21H22N4O4. The number of aryl methyl sites for hydroxylation is 1. The van der Waals surface area contributed by atoms with Crippen molar-refractivity contribution in [2.75, 3.05) is 14.2 Å². The van der Waals surface area contributed by atoms with Crippen molar-refractivity contribution in [2.24, 2.45) is 7.05 Å².